The van der Waals surface area contributed by atoms with Crippen molar-refractivity contribution < 1.29 is 10.1 Å². The molecule has 0 aromatic carbocycles. The number of nitrogens with two attached hydrogens (primary N) is 1. The molecule has 0 aromatic rings. The number of rotatable bonds is 2. The number of urea groups is 1. The van der Waals surface area contributed by atoms with E-state index in [0.717, 1.165) is 38.8 Å². The average Bonchev–Trinajstić information content (AvgIpc) is 2.31. The molecule has 1 aliphatic heterocycles. The zero-order valence-corrected chi connectivity index (χ0v) is 10.0. The van der Waals surface area contributed by atoms with Gasteiger partial charge in [-0.1, -0.05) is 19.3 Å². The summed E-state index contributed by atoms with van der Waals surface area (Å²) in [5, 5.41) is 8.52. The molecule has 1 aliphatic carbocycles. The lowest BCUT2D eigenvalue weighted by atomic mass is 9.96. The second-order valence-electron chi connectivity index (χ2n) is 5.09. The summed E-state index contributed by atoms with van der Waals surface area (Å²) in [5.41, 5.74) is 0. The van der Waals surface area contributed by atoms with E-state index in [1.54, 1.807) is 0 Å². The lowest BCUT2D eigenvalue weighted by Gasteiger charge is -2.26. The lowest BCUT2D eigenvalue weighted by molar-refractivity contribution is -0.663. The molecule has 0 aromatic heterocycles. The lowest BCUT2D eigenvalue weighted by Crippen LogP contribution is -2.87. The number of nitrogens with one attached hydrogen (secondary N) is 2. The summed E-state index contributed by atoms with van der Waals surface area (Å²) in [6.07, 6.45) is 8.40. The van der Waals surface area contributed by atoms with Crippen molar-refractivity contribution in [1.29, 1.82) is 0 Å². The maximum absolute atomic E-state index is 11.7. The van der Waals surface area contributed by atoms with Crippen LogP contribution in [0.2, 0.25) is 0 Å². The monoisotopic (exact) mass is 226 g/mol. The summed E-state index contributed by atoms with van der Waals surface area (Å²) < 4.78 is 0. The summed E-state index contributed by atoms with van der Waals surface area (Å²) in [7, 11) is 0. The maximum atomic E-state index is 11.7. The van der Waals surface area contributed by atoms with Gasteiger partial charge in [0.1, 0.15) is 0 Å². The highest BCUT2D eigenvalue weighted by molar-refractivity contribution is 5.74. The molecule has 1 saturated carbocycles. The van der Waals surface area contributed by atoms with Crippen molar-refractivity contribution in [3.05, 3.63) is 0 Å². The minimum absolute atomic E-state index is 0.0544. The molecule has 16 heavy (non-hydrogen) atoms. The molecule has 1 heterocycles. The minimum Gasteiger partial charge on any atom is -0.346 e. The van der Waals surface area contributed by atoms with Gasteiger partial charge in [-0.25, -0.2) is 4.79 Å². The molecule has 2 aliphatic rings. The van der Waals surface area contributed by atoms with Crippen LogP contribution in [0.3, 0.4) is 0 Å². The number of hydrogen-bond donors (Lipinski definition) is 3. The largest absolute Gasteiger partial charge is 0.346 e. The van der Waals surface area contributed by atoms with Crippen LogP contribution in [-0.4, -0.2) is 31.2 Å². The van der Waals surface area contributed by atoms with Crippen molar-refractivity contribution >= 4 is 6.03 Å². The quantitative estimate of drug-likeness (QED) is 0.625. The van der Waals surface area contributed by atoms with Crippen molar-refractivity contribution in [3.63, 3.8) is 0 Å². The van der Waals surface area contributed by atoms with Crippen LogP contribution in [-0.2, 0) is 0 Å². The van der Waals surface area contributed by atoms with Crippen LogP contribution in [0.5, 0.6) is 0 Å². The van der Waals surface area contributed by atoms with E-state index >= 15 is 0 Å². The fourth-order valence-electron chi connectivity index (χ4n) is 2.73. The van der Waals surface area contributed by atoms with Crippen molar-refractivity contribution in [2.75, 3.05) is 13.1 Å². The maximum Gasteiger partial charge on any atom is 0.315 e. The zero-order valence-electron chi connectivity index (χ0n) is 10.0. The molecule has 4 nitrogen and oxygen atoms in total. The summed E-state index contributed by atoms with van der Waals surface area (Å²) in [6.45, 7) is 2.29. The van der Waals surface area contributed by atoms with Crippen LogP contribution in [0, 0.1) is 0 Å². The van der Waals surface area contributed by atoms with E-state index in [1.165, 1.54) is 19.3 Å². The van der Waals surface area contributed by atoms with Gasteiger partial charge in [-0.3, -0.25) is 0 Å². The van der Waals surface area contributed by atoms with E-state index in [2.05, 4.69) is 16.0 Å². The Hall–Kier alpha value is -0.770. The predicted molar refractivity (Wildman–Crippen MR) is 63.2 cm³/mol. The Bertz CT molecular complexity index is 198. The third kappa shape index (κ3) is 3.67. The van der Waals surface area contributed by atoms with Crippen molar-refractivity contribution in [1.82, 2.24) is 10.6 Å². The number of hydrogen-bond acceptors (Lipinski definition) is 1. The van der Waals surface area contributed by atoms with Crippen molar-refractivity contribution in [3.8, 4) is 0 Å². The first kappa shape index (κ1) is 11.7. The van der Waals surface area contributed by atoms with Crippen LogP contribution in [0.1, 0.15) is 44.9 Å². The number of carbonyl (C=O) groups is 1. The standard InChI is InChI=1S/C12H23N3O/c16-12(14-10-4-2-1-3-5-10)15-11-6-8-13-9-7-11/h10-11,13H,1-9H2,(H2,14,15,16)/p+1. The average molecular weight is 226 g/mol. The number of amides is 2. The molecule has 0 bridgehead atoms. The first-order valence-corrected chi connectivity index (χ1v) is 6.73. The van der Waals surface area contributed by atoms with Gasteiger partial charge in [0.2, 0.25) is 0 Å². The van der Waals surface area contributed by atoms with Gasteiger partial charge in [0.15, 0.2) is 0 Å². The zero-order chi connectivity index (χ0) is 11.2. The molecule has 0 spiro atoms. The van der Waals surface area contributed by atoms with Gasteiger partial charge in [0.05, 0.1) is 13.1 Å². The van der Waals surface area contributed by atoms with E-state index in [4.69, 9.17) is 0 Å². The van der Waals surface area contributed by atoms with E-state index in [0.29, 0.717) is 12.1 Å². The first-order chi connectivity index (χ1) is 7.84. The minimum atomic E-state index is 0.0544. The number of carbonyl (C=O) groups excluding carboxylic acids is 1. The molecule has 0 atom stereocenters. The van der Waals surface area contributed by atoms with E-state index in [1.807, 2.05) is 0 Å². The Morgan fingerprint density at radius 2 is 1.44 bits per heavy atom. The predicted octanol–water partition coefficient (Wildman–Crippen LogP) is 0.344. The van der Waals surface area contributed by atoms with Gasteiger partial charge < -0.3 is 16.0 Å². The van der Waals surface area contributed by atoms with Crippen LogP contribution in [0.15, 0.2) is 0 Å². The Morgan fingerprint density at radius 1 is 0.875 bits per heavy atom. The highest BCUT2D eigenvalue weighted by atomic mass is 16.2. The SMILES string of the molecule is O=C(NC1CCCCC1)NC1CC[NH2+]CC1. The van der Waals surface area contributed by atoms with Gasteiger partial charge in [-0.15, -0.1) is 0 Å². The highest BCUT2D eigenvalue weighted by Crippen LogP contribution is 2.17. The van der Waals surface area contributed by atoms with E-state index in [9.17, 15) is 4.79 Å². The molecule has 2 amide bonds. The molecule has 4 N–H and O–H groups in total. The molecular weight excluding hydrogens is 202 g/mol. The van der Waals surface area contributed by atoms with Crippen LogP contribution < -0.4 is 16.0 Å². The Morgan fingerprint density at radius 3 is 2.06 bits per heavy atom. The fraction of sp³-hybridized carbons (Fsp3) is 0.917. The molecule has 4 heteroatoms. The number of piperidine rings is 1. The summed E-state index contributed by atoms with van der Waals surface area (Å²) in [4.78, 5) is 11.7. The third-order valence-electron chi connectivity index (χ3n) is 3.71. The fourth-order valence-corrected chi connectivity index (χ4v) is 2.73. The second kappa shape index (κ2) is 6.09. The summed E-state index contributed by atoms with van der Waals surface area (Å²) in [6, 6.07) is 0.872. The van der Waals surface area contributed by atoms with Gasteiger partial charge in [-0.05, 0) is 12.8 Å². The van der Waals surface area contributed by atoms with Crippen molar-refractivity contribution in [2.45, 2.75) is 57.0 Å². The van der Waals surface area contributed by atoms with Crippen LogP contribution in [0.25, 0.3) is 0 Å². The molecular formula is C12H24N3O+. The normalized spacial score (nSPS) is 24.0. The second-order valence-corrected chi connectivity index (χ2v) is 5.09. The van der Waals surface area contributed by atoms with Gasteiger partial charge >= 0.3 is 6.03 Å². The van der Waals surface area contributed by atoms with Crippen LogP contribution in [0.4, 0.5) is 4.79 Å². The molecule has 2 fully saturated rings. The Labute approximate surface area is 97.6 Å². The van der Waals surface area contributed by atoms with Gasteiger partial charge in [0.25, 0.3) is 0 Å². The summed E-state index contributed by atoms with van der Waals surface area (Å²) in [5.74, 6) is 0. The van der Waals surface area contributed by atoms with Gasteiger partial charge in [-0.2, -0.15) is 0 Å². The molecule has 92 valence electrons. The third-order valence-corrected chi connectivity index (χ3v) is 3.71. The molecule has 0 unspecified atom stereocenters. The number of quaternary nitrogens is 1. The van der Waals surface area contributed by atoms with E-state index < -0.39 is 0 Å². The van der Waals surface area contributed by atoms with E-state index in [-0.39, 0.29) is 6.03 Å². The highest BCUT2D eigenvalue weighted by Gasteiger charge is 2.20. The topological polar surface area (TPSA) is 57.7 Å². The smallest absolute Gasteiger partial charge is 0.315 e. The van der Waals surface area contributed by atoms with Gasteiger partial charge in [0, 0.05) is 24.9 Å². The molecule has 2 rings (SSSR count). The van der Waals surface area contributed by atoms with Crippen LogP contribution >= 0.6 is 0 Å². The molecule has 0 radical (unpaired) electrons. The first-order valence-electron chi connectivity index (χ1n) is 6.73. The Balaban J connectivity index is 1.66. The Kier molecular flexibility index (Phi) is 4.45. The van der Waals surface area contributed by atoms with Crippen molar-refractivity contribution in [2.24, 2.45) is 0 Å². The summed E-state index contributed by atoms with van der Waals surface area (Å²) >= 11 is 0. The molecule has 1 saturated heterocycles.